The molecule has 1 aromatic rings. The molecular formula is C12H14N2O3. The van der Waals surface area contributed by atoms with Crippen molar-refractivity contribution in [3.8, 4) is 0 Å². The molecule has 1 aromatic carbocycles. The number of nitrogens with one attached hydrogen (secondary N) is 1. The Morgan fingerprint density at radius 3 is 2.65 bits per heavy atom. The summed E-state index contributed by atoms with van der Waals surface area (Å²) in [7, 11) is 1.78. The number of amides is 1. The van der Waals surface area contributed by atoms with Crippen LogP contribution in [0, 0.1) is 0 Å². The first-order chi connectivity index (χ1) is 7.84. The SMILES string of the molecule is CN1c2cc(C(=O)O)ccc2NC(=O)C1(C)C. The van der Waals surface area contributed by atoms with E-state index in [1.807, 2.05) is 0 Å². The number of rotatable bonds is 1. The normalized spacial score (nSPS) is 17.4. The maximum absolute atomic E-state index is 11.8. The van der Waals surface area contributed by atoms with E-state index in [-0.39, 0.29) is 11.5 Å². The van der Waals surface area contributed by atoms with Gasteiger partial charge in [0.05, 0.1) is 16.9 Å². The lowest BCUT2D eigenvalue weighted by atomic mass is 9.96. The smallest absolute Gasteiger partial charge is 0.335 e. The lowest BCUT2D eigenvalue weighted by molar-refractivity contribution is -0.120. The van der Waals surface area contributed by atoms with Crippen LogP contribution in [0.2, 0.25) is 0 Å². The molecule has 90 valence electrons. The Morgan fingerprint density at radius 2 is 2.06 bits per heavy atom. The first kappa shape index (κ1) is 11.4. The number of carbonyl (C=O) groups is 2. The highest BCUT2D eigenvalue weighted by molar-refractivity contribution is 6.07. The summed E-state index contributed by atoms with van der Waals surface area (Å²) in [4.78, 5) is 24.5. The highest BCUT2D eigenvalue weighted by Crippen LogP contribution is 2.36. The van der Waals surface area contributed by atoms with Gasteiger partial charge in [-0.3, -0.25) is 4.79 Å². The van der Waals surface area contributed by atoms with E-state index in [0.717, 1.165) is 5.69 Å². The standard InChI is InChI=1S/C12H14N2O3/c1-12(2)11(17)13-8-5-4-7(10(15)16)6-9(8)14(12)3/h4-6H,1-3H3,(H,13,17)(H,15,16). The summed E-state index contributed by atoms with van der Waals surface area (Å²) in [5.41, 5.74) is 0.878. The molecule has 0 unspecified atom stereocenters. The molecule has 0 aromatic heterocycles. The molecule has 0 radical (unpaired) electrons. The average molecular weight is 234 g/mol. The molecule has 5 nitrogen and oxygen atoms in total. The number of anilines is 2. The van der Waals surface area contributed by atoms with E-state index in [4.69, 9.17) is 5.11 Å². The van der Waals surface area contributed by atoms with Crippen LogP contribution in [0.25, 0.3) is 0 Å². The van der Waals surface area contributed by atoms with E-state index in [1.165, 1.54) is 6.07 Å². The largest absolute Gasteiger partial charge is 0.478 e. The van der Waals surface area contributed by atoms with Gasteiger partial charge in [-0.2, -0.15) is 0 Å². The van der Waals surface area contributed by atoms with Crippen molar-refractivity contribution >= 4 is 23.3 Å². The number of fused-ring (bicyclic) bond motifs is 1. The van der Waals surface area contributed by atoms with Crippen molar-refractivity contribution in [2.75, 3.05) is 17.3 Å². The minimum atomic E-state index is -0.976. The summed E-state index contributed by atoms with van der Waals surface area (Å²) in [6, 6.07) is 4.66. The molecule has 1 aliphatic rings. The molecule has 0 fully saturated rings. The number of likely N-dealkylation sites (N-methyl/N-ethyl adjacent to an activating group) is 1. The topological polar surface area (TPSA) is 69.6 Å². The minimum absolute atomic E-state index is 0.101. The van der Waals surface area contributed by atoms with E-state index >= 15 is 0 Å². The Kier molecular flexibility index (Phi) is 2.34. The Labute approximate surface area is 99.0 Å². The molecule has 0 spiro atoms. The Balaban J connectivity index is 2.56. The number of benzene rings is 1. The zero-order valence-corrected chi connectivity index (χ0v) is 9.94. The highest BCUT2D eigenvalue weighted by Gasteiger charge is 2.38. The number of carboxylic acids is 1. The van der Waals surface area contributed by atoms with Gasteiger partial charge < -0.3 is 15.3 Å². The van der Waals surface area contributed by atoms with Crippen molar-refractivity contribution in [2.24, 2.45) is 0 Å². The van der Waals surface area contributed by atoms with Gasteiger partial charge in [-0.05, 0) is 32.0 Å². The molecule has 5 heteroatoms. The fourth-order valence-electron chi connectivity index (χ4n) is 1.78. The number of aromatic carboxylic acids is 1. The van der Waals surface area contributed by atoms with Crippen molar-refractivity contribution in [1.82, 2.24) is 0 Å². The molecule has 1 amide bonds. The third kappa shape index (κ3) is 1.63. The third-order valence-electron chi connectivity index (χ3n) is 3.25. The van der Waals surface area contributed by atoms with Crippen molar-refractivity contribution in [2.45, 2.75) is 19.4 Å². The summed E-state index contributed by atoms with van der Waals surface area (Å²) in [6.07, 6.45) is 0. The molecule has 0 bridgehead atoms. The second-order valence-corrected chi connectivity index (χ2v) is 4.61. The summed E-state index contributed by atoms with van der Waals surface area (Å²) < 4.78 is 0. The van der Waals surface area contributed by atoms with Crippen molar-refractivity contribution < 1.29 is 14.7 Å². The number of hydrogen-bond donors (Lipinski definition) is 2. The van der Waals surface area contributed by atoms with Crippen LogP contribution in [0.4, 0.5) is 11.4 Å². The van der Waals surface area contributed by atoms with Crippen LogP contribution < -0.4 is 10.2 Å². The van der Waals surface area contributed by atoms with Crippen molar-refractivity contribution in [3.05, 3.63) is 23.8 Å². The lowest BCUT2D eigenvalue weighted by Gasteiger charge is -2.41. The van der Waals surface area contributed by atoms with Crippen molar-refractivity contribution in [1.29, 1.82) is 0 Å². The molecule has 0 atom stereocenters. The highest BCUT2D eigenvalue weighted by atomic mass is 16.4. The van der Waals surface area contributed by atoms with E-state index in [0.29, 0.717) is 5.69 Å². The number of carboxylic acid groups (broad SMARTS) is 1. The van der Waals surface area contributed by atoms with E-state index in [9.17, 15) is 9.59 Å². The van der Waals surface area contributed by atoms with E-state index in [1.54, 1.807) is 37.9 Å². The zero-order valence-electron chi connectivity index (χ0n) is 9.94. The van der Waals surface area contributed by atoms with Gasteiger partial charge in [0.2, 0.25) is 5.91 Å². The monoisotopic (exact) mass is 234 g/mol. The maximum atomic E-state index is 11.8. The minimum Gasteiger partial charge on any atom is -0.478 e. The first-order valence-corrected chi connectivity index (χ1v) is 5.26. The molecule has 1 aliphatic heterocycles. The van der Waals surface area contributed by atoms with Crippen LogP contribution in [0.15, 0.2) is 18.2 Å². The van der Waals surface area contributed by atoms with Gasteiger partial charge in [0.15, 0.2) is 0 Å². The molecule has 0 saturated carbocycles. The average Bonchev–Trinajstić information content (AvgIpc) is 2.26. The Hall–Kier alpha value is -2.04. The summed E-state index contributed by atoms with van der Waals surface area (Å²) in [6.45, 7) is 3.58. The number of carbonyl (C=O) groups excluding carboxylic acids is 1. The molecule has 2 N–H and O–H groups in total. The van der Waals surface area contributed by atoms with Crippen LogP contribution in [-0.2, 0) is 4.79 Å². The van der Waals surface area contributed by atoms with Gasteiger partial charge in [0, 0.05) is 7.05 Å². The van der Waals surface area contributed by atoms with Gasteiger partial charge in [-0.15, -0.1) is 0 Å². The summed E-state index contributed by atoms with van der Waals surface area (Å²) >= 11 is 0. The lowest BCUT2D eigenvalue weighted by Crippen LogP contribution is -2.54. The summed E-state index contributed by atoms with van der Waals surface area (Å²) in [5, 5.41) is 11.7. The summed E-state index contributed by atoms with van der Waals surface area (Å²) in [5.74, 6) is -1.08. The predicted molar refractivity (Wildman–Crippen MR) is 64.5 cm³/mol. The number of hydrogen-bond acceptors (Lipinski definition) is 3. The molecule has 2 rings (SSSR count). The van der Waals surface area contributed by atoms with Gasteiger partial charge in [-0.25, -0.2) is 4.79 Å². The fourth-order valence-corrected chi connectivity index (χ4v) is 1.78. The van der Waals surface area contributed by atoms with Crippen LogP contribution in [0.5, 0.6) is 0 Å². The van der Waals surface area contributed by atoms with E-state index < -0.39 is 11.5 Å². The maximum Gasteiger partial charge on any atom is 0.335 e. The van der Waals surface area contributed by atoms with Crippen LogP contribution in [0.3, 0.4) is 0 Å². The molecular weight excluding hydrogens is 220 g/mol. The van der Waals surface area contributed by atoms with Crippen molar-refractivity contribution in [3.63, 3.8) is 0 Å². The number of nitrogens with zero attached hydrogens (tertiary/aromatic N) is 1. The fraction of sp³-hybridized carbons (Fsp3) is 0.333. The second-order valence-electron chi connectivity index (χ2n) is 4.61. The second kappa shape index (κ2) is 3.48. The Morgan fingerprint density at radius 1 is 1.41 bits per heavy atom. The third-order valence-corrected chi connectivity index (χ3v) is 3.25. The van der Waals surface area contributed by atoms with Crippen LogP contribution >= 0.6 is 0 Å². The van der Waals surface area contributed by atoms with E-state index in [2.05, 4.69) is 5.32 Å². The molecule has 1 heterocycles. The van der Waals surface area contributed by atoms with Crippen LogP contribution in [-0.4, -0.2) is 29.6 Å². The molecule has 0 saturated heterocycles. The Bertz CT molecular complexity index is 508. The van der Waals surface area contributed by atoms with Crippen LogP contribution in [0.1, 0.15) is 24.2 Å². The van der Waals surface area contributed by atoms with Gasteiger partial charge in [-0.1, -0.05) is 0 Å². The zero-order chi connectivity index (χ0) is 12.8. The van der Waals surface area contributed by atoms with Gasteiger partial charge >= 0.3 is 5.97 Å². The quantitative estimate of drug-likeness (QED) is 0.773. The molecule has 17 heavy (non-hydrogen) atoms. The van der Waals surface area contributed by atoms with Gasteiger partial charge in [0.1, 0.15) is 5.54 Å². The first-order valence-electron chi connectivity index (χ1n) is 5.26. The predicted octanol–water partition coefficient (Wildman–Crippen LogP) is 1.55. The molecule has 0 aliphatic carbocycles. The van der Waals surface area contributed by atoms with Gasteiger partial charge in [0.25, 0.3) is 0 Å².